The van der Waals surface area contributed by atoms with Gasteiger partial charge in [-0.05, 0) is 18.3 Å². The number of aromatic amines is 1. The van der Waals surface area contributed by atoms with Crippen LogP contribution >= 0.6 is 12.2 Å². The van der Waals surface area contributed by atoms with Gasteiger partial charge in [0, 0.05) is 24.4 Å². The lowest BCUT2D eigenvalue weighted by atomic mass is 10.2. The summed E-state index contributed by atoms with van der Waals surface area (Å²) in [7, 11) is 0. The first-order valence-electron chi connectivity index (χ1n) is 5.94. The predicted octanol–water partition coefficient (Wildman–Crippen LogP) is 0.595. The maximum Gasteiger partial charge on any atom is 0.303 e. The first kappa shape index (κ1) is 14.7. The summed E-state index contributed by atoms with van der Waals surface area (Å²) >= 11 is 4.95. The molecule has 108 valence electrons. The second-order valence-corrected chi connectivity index (χ2v) is 4.40. The van der Waals surface area contributed by atoms with Crippen LogP contribution in [0, 0.1) is 4.77 Å². The van der Waals surface area contributed by atoms with Crippen LogP contribution in [0.2, 0.25) is 0 Å². The first-order valence-corrected chi connectivity index (χ1v) is 6.35. The van der Waals surface area contributed by atoms with Gasteiger partial charge in [-0.1, -0.05) is 6.07 Å². The molecule has 8 nitrogen and oxygen atoms in total. The summed E-state index contributed by atoms with van der Waals surface area (Å²) in [5, 5.41) is 18.8. The molecule has 0 aliphatic rings. The molecule has 0 spiro atoms. The molecule has 2 aromatic heterocycles. The van der Waals surface area contributed by atoms with E-state index in [0.29, 0.717) is 5.56 Å². The van der Waals surface area contributed by atoms with Gasteiger partial charge in [-0.2, -0.15) is 14.9 Å². The third kappa shape index (κ3) is 3.89. The van der Waals surface area contributed by atoms with Crippen molar-refractivity contribution in [3.63, 3.8) is 0 Å². The van der Waals surface area contributed by atoms with Gasteiger partial charge in [-0.25, -0.2) is 0 Å². The van der Waals surface area contributed by atoms with Crippen LogP contribution in [0.4, 0.5) is 0 Å². The lowest BCUT2D eigenvalue weighted by Gasteiger charge is -2.01. The average molecular weight is 305 g/mol. The molecular formula is C12H11N5O3S. The summed E-state index contributed by atoms with van der Waals surface area (Å²) in [6, 6.07) is 3.50. The van der Waals surface area contributed by atoms with Crippen LogP contribution in [0.1, 0.15) is 17.7 Å². The van der Waals surface area contributed by atoms with Crippen molar-refractivity contribution in [2.45, 2.75) is 12.8 Å². The molecule has 2 N–H and O–H groups in total. The zero-order valence-electron chi connectivity index (χ0n) is 10.8. The van der Waals surface area contributed by atoms with Gasteiger partial charge in [0.15, 0.2) is 0 Å². The third-order valence-electron chi connectivity index (χ3n) is 2.50. The minimum atomic E-state index is -1.01. The fraction of sp³-hybridized carbons (Fsp3) is 0.167. The third-order valence-corrected chi connectivity index (χ3v) is 2.76. The van der Waals surface area contributed by atoms with E-state index in [1.807, 2.05) is 0 Å². The van der Waals surface area contributed by atoms with Gasteiger partial charge in [0.2, 0.25) is 4.77 Å². The molecule has 0 fully saturated rings. The Kier molecular flexibility index (Phi) is 4.67. The molecule has 0 aliphatic heterocycles. The van der Waals surface area contributed by atoms with Crippen LogP contribution in [0.3, 0.4) is 0 Å². The Labute approximate surface area is 123 Å². The molecule has 0 aliphatic carbocycles. The van der Waals surface area contributed by atoms with Crippen LogP contribution in [0.5, 0.6) is 0 Å². The molecule has 0 atom stereocenters. The maximum absolute atomic E-state index is 12.1. The van der Waals surface area contributed by atoms with Crippen LogP contribution in [0.15, 0.2) is 34.4 Å². The summed E-state index contributed by atoms with van der Waals surface area (Å²) in [5.74, 6) is -1.01. The highest BCUT2D eigenvalue weighted by Crippen LogP contribution is 1.95. The zero-order valence-corrected chi connectivity index (χ0v) is 11.6. The van der Waals surface area contributed by atoms with E-state index in [0.717, 1.165) is 4.68 Å². The number of aliphatic carboxylic acids is 1. The fourth-order valence-electron chi connectivity index (χ4n) is 1.49. The molecule has 2 heterocycles. The largest absolute Gasteiger partial charge is 0.481 e. The number of aryl methyl sites for hydroxylation is 1. The fourth-order valence-corrected chi connectivity index (χ4v) is 1.67. The highest BCUT2D eigenvalue weighted by molar-refractivity contribution is 7.71. The minimum absolute atomic E-state index is 0.00267. The Hall–Kier alpha value is -2.68. The SMILES string of the molecule is O=C(O)CCc1n[nH]c(=S)n(/N=C\c2cccnc2)c1=O. The van der Waals surface area contributed by atoms with Gasteiger partial charge in [-0.3, -0.25) is 19.7 Å². The number of nitrogens with one attached hydrogen (secondary N) is 1. The Morgan fingerprint density at radius 2 is 2.38 bits per heavy atom. The first-order chi connectivity index (χ1) is 10.1. The van der Waals surface area contributed by atoms with E-state index in [1.54, 1.807) is 24.5 Å². The van der Waals surface area contributed by atoms with E-state index >= 15 is 0 Å². The molecule has 0 bridgehead atoms. The predicted molar refractivity (Wildman–Crippen MR) is 76.9 cm³/mol. The number of aromatic nitrogens is 4. The average Bonchev–Trinajstić information content (AvgIpc) is 2.47. The van der Waals surface area contributed by atoms with Crippen molar-refractivity contribution in [3.8, 4) is 0 Å². The van der Waals surface area contributed by atoms with Crippen molar-refractivity contribution in [3.05, 3.63) is 50.9 Å². The van der Waals surface area contributed by atoms with E-state index in [4.69, 9.17) is 17.3 Å². The Balaban J connectivity index is 2.33. The molecule has 0 saturated carbocycles. The van der Waals surface area contributed by atoms with E-state index in [2.05, 4.69) is 20.3 Å². The summed E-state index contributed by atoms with van der Waals surface area (Å²) in [6.07, 6.45) is 4.43. The molecule has 2 rings (SSSR count). The quantitative estimate of drug-likeness (QED) is 0.617. The number of hydrogen-bond acceptors (Lipinski definition) is 6. The summed E-state index contributed by atoms with van der Waals surface area (Å²) in [5.41, 5.74) is 0.220. The Bertz CT molecular complexity index is 781. The van der Waals surface area contributed by atoms with E-state index in [1.165, 1.54) is 6.21 Å². The number of hydrogen-bond donors (Lipinski definition) is 2. The highest BCUT2D eigenvalue weighted by atomic mass is 32.1. The van der Waals surface area contributed by atoms with Gasteiger partial charge in [0.25, 0.3) is 5.56 Å². The second kappa shape index (κ2) is 6.66. The number of carboxylic acids is 1. The topological polar surface area (TPSA) is 113 Å². The normalized spacial score (nSPS) is 10.9. The molecule has 0 radical (unpaired) electrons. The van der Waals surface area contributed by atoms with Crippen molar-refractivity contribution in [2.24, 2.45) is 5.10 Å². The molecule has 9 heteroatoms. The second-order valence-electron chi connectivity index (χ2n) is 4.02. The van der Waals surface area contributed by atoms with E-state index in [9.17, 15) is 9.59 Å². The number of H-pyrrole nitrogens is 1. The lowest BCUT2D eigenvalue weighted by molar-refractivity contribution is -0.136. The number of carboxylic acid groups (broad SMARTS) is 1. The Morgan fingerprint density at radius 1 is 1.57 bits per heavy atom. The molecule has 2 aromatic rings. The molecule has 0 saturated heterocycles. The number of rotatable bonds is 5. The van der Waals surface area contributed by atoms with Crippen LogP contribution in [-0.2, 0) is 11.2 Å². The van der Waals surface area contributed by atoms with Crippen molar-refractivity contribution in [1.82, 2.24) is 19.9 Å². The molecule has 21 heavy (non-hydrogen) atoms. The van der Waals surface area contributed by atoms with Crippen molar-refractivity contribution >= 4 is 24.4 Å². The number of nitrogens with zero attached hydrogens (tertiary/aromatic N) is 4. The molecule has 0 aromatic carbocycles. The number of pyridine rings is 1. The van der Waals surface area contributed by atoms with Crippen molar-refractivity contribution in [2.75, 3.05) is 0 Å². The zero-order chi connectivity index (χ0) is 15.2. The maximum atomic E-state index is 12.1. The van der Waals surface area contributed by atoms with Gasteiger partial charge >= 0.3 is 5.97 Å². The van der Waals surface area contributed by atoms with E-state index in [-0.39, 0.29) is 23.3 Å². The standard InChI is InChI=1S/C12H11N5O3S/c18-10(19)4-3-9-11(20)17(12(21)16-15-9)14-7-8-2-1-5-13-6-8/h1-2,5-7H,3-4H2,(H,16,21)(H,18,19)/b14-7-. The molecular weight excluding hydrogens is 294 g/mol. The Morgan fingerprint density at radius 3 is 3.05 bits per heavy atom. The van der Waals surface area contributed by atoms with E-state index < -0.39 is 11.5 Å². The van der Waals surface area contributed by atoms with Gasteiger partial charge in [0.1, 0.15) is 5.69 Å². The summed E-state index contributed by atoms with van der Waals surface area (Å²) in [4.78, 5) is 26.6. The van der Waals surface area contributed by atoms with Gasteiger partial charge in [-0.15, -0.1) is 0 Å². The smallest absolute Gasteiger partial charge is 0.303 e. The lowest BCUT2D eigenvalue weighted by Crippen LogP contribution is -2.25. The van der Waals surface area contributed by atoms with Crippen molar-refractivity contribution in [1.29, 1.82) is 0 Å². The van der Waals surface area contributed by atoms with Crippen LogP contribution in [-0.4, -0.2) is 37.1 Å². The minimum Gasteiger partial charge on any atom is -0.481 e. The van der Waals surface area contributed by atoms with Crippen molar-refractivity contribution < 1.29 is 9.90 Å². The summed E-state index contributed by atoms with van der Waals surface area (Å²) < 4.78 is 0.992. The molecule has 0 unspecified atom stereocenters. The highest BCUT2D eigenvalue weighted by Gasteiger charge is 2.08. The summed E-state index contributed by atoms with van der Waals surface area (Å²) in [6.45, 7) is 0. The molecule has 0 amide bonds. The monoisotopic (exact) mass is 305 g/mol. The number of carbonyl (C=O) groups is 1. The van der Waals surface area contributed by atoms with Crippen LogP contribution in [0.25, 0.3) is 0 Å². The van der Waals surface area contributed by atoms with Gasteiger partial charge in [0.05, 0.1) is 12.6 Å². The van der Waals surface area contributed by atoms with Gasteiger partial charge < -0.3 is 5.11 Å². The van der Waals surface area contributed by atoms with Crippen LogP contribution < -0.4 is 5.56 Å².